The van der Waals surface area contributed by atoms with E-state index in [2.05, 4.69) is 12.2 Å². The first-order valence-electron chi connectivity index (χ1n) is 6.16. The van der Waals surface area contributed by atoms with E-state index in [1.165, 1.54) is 12.8 Å². The third-order valence-corrected chi connectivity index (χ3v) is 3.80. The zero-order chi connectivity index (χ0) is 11.8. The van der Waals surface area contributed by atoms with Crippen LogP contribution in [0.25, 0.3) is 0 Å². The van der Waals surface area contributed by atoms with Gasteiger partial charge in [-0.05, 0) is 26.2 Å². The van der Waals surface area contributed by atoms with Gasteiger partial charge in [-0.25, -0.2) is 0 Å². The van der Waals surface area contributed by atoms with Gasteiger partial charge in [0.2, 0.25) is 5.91 Å². The van der Waals surface area contributed by atoms with Crippen molar-refractivity contribution in [1.82, 2.24) is 5.32 Å². The molecule has 0 aromatic rings. The van der Waals surface area contributed by atoms with Crippen LogP contribution >= 0.6 is 0 Å². The zero-order valence-corrected chi connectivity index (χ0v) is 10.2. The topological polar surface area (TPSA) is 64.3 Å². The SMILES string of the molecule is CC(CC1CC1)NC(=O)C1(C)COCC1N. The first-order chi connectivity index (χ1) is 7.52. The van der Waals surface area contributed by atoms with E-state index in [-0.39, 0.29) is 18.0 Å². The number of rotatable bonds is 4. The summed E-state index contributed by atoms with van der Waals surface area (Å²) < 4.78 is 5.28. The highest BCUT2D eigenvalue weighted by Crippen LogP contribution is 2.34. The fourth-order valence-corrected chi connectivity index (χ4v) is 2.22. The Balaban J connectivity index is 1.85. The molecule has 2 rings (SSSR count). The summed E-state index contributed by atoms with van der Waals surface area (Å²) in [6.07, 6.45) is 3.73. The molecule has 0 aromatic heterocycles. The first-order valence-corrected chi connectivity index (χ1v) is 6.16. The lowest BCUT2D eigenvalue weighted by Gasteiger charge is -2.27. The third kappa shape index (κ3) is 2.38. The van der Waals surface area contributed by atoms with Gasteiger partial charge in [0, 0.05) is 12.1 Å². The maximum absolute atomic E-state index is 12.1. The van der Waals surface area contributed by atoms with Gasteiger partial charge < -0.3 is 15.8 Å². The van der Waals surface area contributed by atoms with Gasteiger partial charge in [-0.3, -0.25) is 4.79 Å². The summed E-state index contributed by atoms with van der Waals surface area (Å²) >= 11 is 0. The molecule has 1 saturated carbocycles. The monoisotopic (exact) mass is 226 g/mol. The molecule has 0 radical (unpaired) electrons. The number of nitrogens with one attached hydrogen (secondary N) is 1. The molecule has 1 aliphatic carbocycles. The molecule has 0 spiro atoms. The molecule has 1 saturated heterocycles. The van der Waals surface area contributed by atoms with Gasteiger partial charge in [-0.15, -0.1) is 0 Å². The van der Waals surface area contributed by atoms with Crippen LogP contribution in [0.1, 0.15) is 33.1 Å². The van der Waals surface area contributed by atoms with Crippen molar-refractivity contribution in [2.75, 3.05) is 13.2 Å². The van der Waals surface area contributed by atoms with Crippen molar-refractivity contribution in [2.45, 2.75) is 45.2 Å². The van der Waals surface area contributed by atoms with Crippen molar-refractivity contribution < 1.29 is 9.53 Å². The average molecular weight is 226 g/mol. The molecule has 4 heteroatoms. The summed E-state index contributed by atoms with van der Waals surface area (Å²) in [5, 5.41) is 3.07. The Hall–Kier alpha value is -0.610. The Bertz CT molecular complexity index is 278. The van der Waals surface area contributed by atoms with Gasteiger partial charge in [0.15, 0.2) is 0 Å². The number of hydrogen-bond donors (Lipinski definition) is 2. The van der Waals surface area contributed by atoms with Crippen LogP contribution in [-0.2, 0) is 9.53 Å². The Labute approximate surface area is 96.9 Å². The molecule has 3 N–H and O–H groups in total. The van der Waals surface area contributed by atoms with Crippen molar-refractivity contribution in [3.05, 3.63) is 0 Å². The lowest BCUT2D eigenvalue weighted by Crippen LogP contribution is -2.51. The normalized spacial score (nSPS) is 36.1. The number of hydrogen-bond acceptors (Lipinski definition) is 3. The first kappa shape index (κ1) is 11.9. The minimum atomic E-state index is -0.544. The average Bonchev–Trinajstić information content (AvgIpc) is 2.94. The summed E-state index contributed by atoms with van der Waals surface area (Å²) in [6.45, 7) is 4.89. The minimum absolute atomic E-state index is 0.0469. The van der Waals surface area contributed by atoms with E-state index in [4.69, 9.17) is 10.5 Å². The Morgan fingerprint density at radius 3 is 2.81 bits per heavy atom. The maximum atomic E-state index is 12.1. The quantitative estimate of drug-likeness (QED) is 0.740. The zero-order valence-electron chi connectivity index (χ0n) is 10.2. The van der Waals surface area contributed by atoms with E-state index in [9.17, 15) is 4.79 Å². The molecule has 1 aliphatic heterocycles. The second-order valence-corrected chi connectivity index (χ2v) is 5.59. The maximum Gasteiger partial charge on any atom is 0.230 e. The van der Waals surface area contributed by atoms with Crippen LogP contribution in [0.2, 0.25) is 0 Å². The standard InChI is InChI=1S/C12H22N2O2/c1-8(5-9-3-4-9)14-11(15)12(2)7-16-6-10(12)13/h8-10H,3-7,13H2,1-2H3,(H,14,15). The molecule has 4 nitrogen and oxygen atoms in total. The van der Waals surface area contributed by atoms with E-state index in [0.717, 1.165) is 12.3 Å². The largest absolute Gasteiger partial charge is 0.379 e. The molecule has 16 heavy (non-hydrogen) atoms. The summed E-state index contributed by atoms with van der Waals surface area (Å²) in [7, 11) is 0. The second-order valence-electron chi connectivity index (χ2n) is 5.59. The van der Waals surface area contributed by atoms with E-state index in [1.807, 2.05) is 6.92 Å². The summed E-state index contributed by atoms with van der Waals surface area (Å²) in [6, 6.07) is 0.0743. The van der Waals surface area contributed by atoms with Gasteiger partial charge in [-0.2, -0.15) is 0 Å². The number of nitrogens with two attached hydrogens (primary N) is 1. The Morgan fingerprint density at radius 1 is 1.62 bits per heavy atom. The van der Waals surface area contributed by atoms with Crippen molar-refractivity contribution in [2.24, 2.45) is 17.1 Å². The van der Waals surface area contributed by atoms with Crippen LogP contribution in [0.5, 0.6) is 0 Å². The van der Waals surface area contributed by atoms with Gasteiger partial charge >= 0.3 is 0 Å². The highest BCUT2D eigenvalue weighted by molar-refractivity contribution is 5.83. The smallest absolute Gasteiger partial charge is 0.230 e. The fraction of sp³-hybridized carbons (Fsp3) is 0.917. The molecule has 3 unspecified atom stereocenters. The van der Waals surface area contributed by atoms with E-state index in [0.29, 0.717) is 13.2 Å². The van der Waals surface area contributed by atoms with Gasteiger partial charge in [0.1, 0.15) is 0 Å². The summed E-state index contributed by atoms with van der Waals surface area (Å²) in [5.41, 5.74) is 5.37. The highest BCUT2D eigenvalue weighted by Gasteiger charge is 2.44. The molecular weight excluding hydrogens is 204 g/mol. The van der Waals surface area contributed by atoms with E-state index >= 15 is 0 Å². The lowest BCUT2D eigenvalue weighted by molar-refractivity contribution is -0.131. The van der Waals surface area contributed by atoms with Crippen LogP contribution in [0.15, 0.2) is 0 Å². The van der Waals surface area contributed by atoms with E-state index < -0.39 is 5.41 Å². The number of ether oxygens (including phenoxy) is 1. The molecule has 1 amide bonds. The molecule has 0 bridgehead atoms. The molecule has 0 aromatic carbocycles. The molecule has 3 atom stereocenters. The molecule has 1 heterocycles. The van der Waals surface area contributed by atoms with Crippen LogP contribution in [0.3, 0.4) is 0 Å². The van der Waals surface area contributed by atoms with Gasteiger partial charge in [-0.1, -0.05) is 12.8 Å². The Kier molecular flexibility index (Phi) is 3.22. The van der Waals surface area contributed by atoms with Crippen LogP contribution in [0, 0.1) is 11.3 Å². The van der Waals surface area contributed by atoms with Gasteiger partial charge in [0.25, 0.3) is 0 Å². The minimum Gasteiger partial charge on any atom is -0.379 e. The summed E-state index contributed by atoms with van der Waals surface area (Å²) in [4.78, 5) is 12.1. The van der Waals surface area contributed by atoms with Crippen molar-refractivity contribution >= 4 is 5.91 Å². The predicted molar refractivity (Wildman–Crippen MR) is 61.8 cm³/mol. The number of amides is 1. The van der Waals surface area contributed by atoms with Crippen LogP contribution < -0.4 is 11.1 Å². The summed E-state index contributed by atoms with van der Waals surface area (Å²) in [5.74, 6) is 0.877. The predicted octanol–water partition coefficient (Wildman–Crippen LogP) is 0.655. The highest BCUT2D eigenvalue weighted by atomic mass is 16.5. The van der Waals surface area contributed by atoms with E-state index in [1.54, 1.807) is 0 Å². The Morgan fingerprint density at radius 2 is 2.31 bits per heavy atom. The molecule has 2 fully saturated rings. The van der Waals surface area contributed by atoms with Crippen LogP contribution in [0.4, 0.5) is 0 Å². The third-order valence-electron chi connectivity index (χ3n) is 3.80. The fourth-order valence-electron chi connectivity index (χ4n) is 2.22. The van der Waals surface area contributed by atoms with Crippen LogP contribution in [-0.4, -0.2) is 31.2 Å². The van der Waals surface area contributed by atoms with Crippen molar-refractivity contribution in [3.8, 4) is 0 Å². The number of carbonyl (C=O) groups is 1. The molecule has 92 valence electrons. The van der Waals surface area contributed by atoms with Crippen molar-refractivity contribution in [3.63, 3.8) is 0 Å². The second kappa shape index (κ2) is 4.34. The van der Waals surface area contributed by atoms with Crippen molar-refractivity contribution in [1.29, 1.82) is 0 Å². The molecular formula is C12H22N2O2. The number of carbonyl (C=O) groups excluding carboxylic acids is 1. The van der Waals surface area contributed by atoms with Gasteiger partial charge in [0.05, 0.1) is 18.6 Å². The lowest BCUT2D eigenvalue weighted by atomic mass is 9.84. The molecule has 2 aliphatic rings.